The van der Waals surface area contributed by atoms with Crippen LogP contribution in [0, 0.1) is 0 Å². The van der Waals surface area contributed by atoms with Gasteiger partial charge in [0, 0.05) is 19.3 Å². The maximum Gasteiger partial charge on any atom is 0.0590 e. The van der Waals surface area contributed by atoms with Crippen molar-refractivity contribution < 1.29 is 9.84 Å². The van der Waals surface area contributed by atoms with E-state index in [2.05, 4.69) is 0 Å². The van der Waals surface area contributed by atoms with Crippen molar-refractivity contribution >= 4 is 0 Å². The van der Waals surface area contributed by atoms with Gasteiger partial charge in [0.1, 0.15) is 0 Å². The first-order valence-corrected chi connectivity index (χ1v) is 4.31. The van der Waals surface area contributed by atoms with Gasteiger partial charge in [-0.3, -0.25) is 0 Å². The topological polar surface area (TPSA) is 55.5 Å². The Bertz CT molecular complexity index is 102. The minimum Gasteiger partial charge on any atom is -0.396 e. The number of rotatable bonds is 4. The average molecular weight is 159 g/mol. The number of aliphatic hydroxyl groups excluding tert-OH is 1. The molecule has 2 atom stereocenters. The van der Waals surface area contributed by atoms with Crippen LogP contribution in [-0.2, 0) is 4.74 Å². The minimum absolute atomic E-state index is 0.114. The highest BCUT2D eigenvalue weighted by molar-refractivity contribution is 4.71. The normalized spacial score (nSPS) is 27.3. The molecule has 0 saturated carbocycles. The first-order valence-electron chi connectivity index (χ1n) is 4.31. The summed E-state index contributed by atoms with van der Waals surface area (Å²) in [5.41, 5.74) is 5.72. The van der Waals surface area contributed by atoms with Crippen molar-refractivity contribution in [1.29, 1.82) is 0 Å². The van der Waals surface area contributed by atoms with E-state index in [4.69, 9.17) is 15.6 Å². The quantitative estimate of drug-likeness (QED) is 0.619. The zero-order chi connectivity index (χ0) is 8.10. The number of ether oxygens (including phenoxy) is 1. The number of aliphatic hydroxyl groups is 1. The molecule has 1 rings (SSSR count). The molecule has 11 heavy (non-hydrogen) atoms. The van der Waals surface area contributed by atoms with Crippen molar-refractivity contribution in [3.8, 4) is 0 Å². The van der Waals surface area contributed by atoms with Crippen molar-refractivity contribution in [2.45, 2.75) is 37.8 Å². The molecule has 1 aliphatic heterocycles. The Morgan fingerprint density at radius 2 is 2.45 bits per heavy atom. The second kappa shape index (κ2) is 4.70. The van der Waals surface area contributed by atoms with Crippen molar-refractivity contribution in [3.63, 3.8) is 0 Å². The van der Waals surface area contributed by atoms with E-state index in [0.29, 0.717) is 12.5 Å². The van der Waals surface area contributed by atoms with Crippen molar-refractivity contribution in [2.75, 3.05) is 13.2 Å². The lowest BCUT2D eigenvalue weighted by Crippen LogP contribution is -2.26. The Balaban J connectivity index is 2.08. The molecule has 0 aromatic heterocycles. The molecule has 0 aromatic rings. The number of nitrogens with two attached hydrogens (primary N) is 1. The van der Waals surface area contributed by atoms with Gasteiger partial charge in [0.2, 0.25) is 0 Å². The van der Waals surface area contributed by atoms with Crippen LogP contribution < -0.4 is 5.73 Å². The predicted molar refractivity (Wildman–Crippen MR) is 43.3 cm³/mol. The summed E-state index contributed by atoms with van der Waals surface area (Å²) in [6.07, 6.45) is 4.26. The summed E-state index contributed by atoms with van der Waals surface area (Å²) in [4.78, 5) is 0. The predicted octanol–water partition coefficient (Wildman–Crippen LogP) is 0.265. The fourth-order valence-electron chi connectivity index (χ4n) is 1.45. The molecule has 1 saturated heterocycles. The van der Waals surface area contributed by atoms with Gasteiger partial charge in [-0.15, -0.1) is 0 Å². The highest BCUT2D eigenvalue weighted by atomic mass is 16.5. The van der Waals surface area contributed by atoms with Crippen LogP contribution >= 0.6 is 0 Å². The summed E-state index contributed by atoms with van der Waals surface area (Å²) in [6.45, 7) is 1.07. The monoisotopic (exact) mass is 159 g/mol. The van der Waals surface area contributed by atoms with Gasteiger partial charge in [0.05, 0.1) is 6.10 Å². The molecule has 3 nitrogen and oxygen atoms in total. The molecule has 1 aliphatic rings. The van der Waals surface area contributed by atoms with Gasteiger partial charge in [-0.05, 0) is 25.7 Å². The molecule has 3 N–H and O–H groups in total. The molecular formula is C8H17NO2. The second-order valence-electron chi connectivity index (χ2n) is 3.14. The van der Waals surface area contributed by atoms with Crippen LogP contribution in [0.2, 0.25) is 0 Å². The first-order chi connectivity index (χ1) is 5.33. The van der Waals surface area contributed by atoms with Gasteiger partial charge < -0.3 is 15.6 Å². The van der Waals surface area contributed by atoms with E-state index < -0.39 is 0 Å². The Morgan fingerprint density at radius 1 is 1.64 bits per heavy atom. The van der Waals surface area contributed by atoms with Crippen LogP contribution in [0.5, 0.6) is 0 Å². The van der Waals surface area contributed by atoms with E-state index >= 15 is 0 Å². The van der Waals surface area contributed by atoms with Gasteiger partial charge >= 0.3 is 0 Å². The fraction of sp³-hybridized carbons (Fsp3) is 1.00. The van der Waals surface area contributed by atoms with Crippen LogP contribution in [-0.4, -0.2) is 30.5 Å². The van der Waals surface area contributed by atoms with Crippen LogP contribution in [0.4, 0.5) is 0 Å². The van der Waals surface area contributed by atoms with Crippen molar-refractivity contribution in [1.82, 2.24) is 0 Å². The Kier molecular flexibility index (Phi) is 3.83. The fourth-order valence-corrected chi connectivity index (χ4v) is 1.45. The summed E-state index contributed by atoms with van der Waals surface area (Å²) in [7, 11) is 0. The van der Waals surface area contributed by atoms with E-state index in [0.717, 1.165) is 25.9 Å². The third-order valence-electron chi connectivity index (χ3n) is 2.09. The van der Waals surface area contributed by atoms with Gasteiger partial charge in [-0.2, -0.15) is 0 Å². The smallest absolute Gasteiger partial charge is 0.0590 e. The summed E-state index contributed by atoms with van der Waals surface area (Å²) >= 11 is 0. The lowest BCUT2D eigenvalue weighted by Gasteiger charge is -2.14. The zero-order valence-corrected chi connectivity index (χ0v) is 6.83. The van der Waals surface area contributed by atoms with E-state index in [9.17, 15) is 0 Å². The first kappa shape index (κ1) is 8.97. The van der Waals surface area contributed by atoms with Crippen molar-refractivity contribution in [2.24, 2.45) is 5.73 Å². The second-order valence-corrected chi connectivity index (χ2v) is 3.14. The van der Waals surface area contributed by atoms with Gasteiger partial charge in [0.25, 0.3) is 0 Å². The molecule has 2 unspecified atom stereocenters. The van der Waals surface area contributed by atoms with E-state index in [1.165, 1.54) is 0 Å². The van der Waals surface area contributed by atoms with Crippen LogP contribution in [0.3, 0.4) is 0 Å². The molecule has 0 bridgehead atoms. The van der Waals surface area contributed by atoms with Crippen LogP contribution in [0.1, 0.15) is 25.7 Å². The third-order valence-corrected chi connectivity index (χ3v) is 2.09. The number of hydrogen-bond donors (Lipinski definition) is 2. The number of hydrogen-bond acceptors (Lipinski definition) is 3. The molecule has 0 spiro atoms. The molecule has 0 amide bonds. The largest absolute Gasteiger partial charge is 0.396 e. The molecule has 3 heteroatoms. The summed E-state index contributed by atoms with van der Waals surface area (Å²) < 4.78 is 5.41. The van der Waals surface area contributed by atoms with Gasteiger partial charge in [0.15, 0.2) is 0 Å². The average Bonchev–Trinajstić information content (AvgIpc) is 2.40. The summed E-state index contributed by atoms with van der Waals surface area (Å²) in [5, 5.41) is 8.59. The molecule has 1 fully saturated rings. The molecule has 1 heterocycles. The maximum absolute atomic E-state index is 8.59. The Hall–Kier alpha value is -0.120. The SMILES string of the molecule is NC(CCO)CC1CCCO1. The Morgan fingerprint density at radius 3 is 3.00 bits per heavy atom. The maximum atomic E-state index is 8.59. The molecule has 66 valence electrons. The van der Waals surface area contributed by atoms with Crippen molar-refractivity contribution in [3.05, 3.63) is 0 Å². The summed E-state index contributed by atoms with van der Waals surface area (Å²) in [6, 6.07) is 0.114. The highest BCUT2D eigenvalue weighted by Crippen LogP contribution is 2.16. The van der Waals surface area contributed by atoms with Gasteiger partial charge in [-0.1, -0.05) is 0 Å². The third kappa shape index (κ3) is 3.18. The van der Waals surface area contributed by atoms with E-state index in [-0.39, 0.29) is 12.6 Å². The summed E-state index contributed by atoms with van der Waals surface area (Å²) in [5.74, 6) is 0. The minimum atomic E-state index is 0.114. The molecule has 0 aromatic carbocycles. The van der Waals surface area contributed by atoms with Crippen LogP contribution in [0.15, 0.2) is 0 Å². The van der Waals surface area contributed by atoms with E-state index in [1.54, 1.807) is 0 Å². The highest BCUT2D eigenvalue weighted by Gasteiger charge is 2.17. The standard InChI is InChI=1S/C8H17NO2/c9-7(3-4-10)6-8-2-1-5-11-8/h7-8,10H,1-6,9H2. The Labute approximate surface area is 67.5 Å². The van der Waals surface area contributed by atoms with E-state index in [1.807, 2.05) is 0 Å². The lowest BCUT2D eigenvalue weighted by atomic mass is 10.1. The molecule has 0 aliphatic carbocycles. The lowest BCUT2D eigenvalue weighted by molar-refractivity contribution is 0.0954. The van der Waals surface area contributed by atoms with Crippen LogP contribution in [0.25, 0.3) is 0 Å². The zero-order valence-electron chi connectivity index (χ0n) is 6.83. The molecular weight excluding hydrogens is 142 g/mol. The van der Waals surface area contributed by atoms with Gasteiger partial charge in [-0.25, -0.2) is 0 Å². The molecule has 0 radical (unpaired) electrons.